The zero-order valence-corrected chi connectivity index (χ0v) is 15.7. The Morgan fingerprint density at radius 2 is 1.18 bits per heavy atom. The van der Waals surface area contributed by atoms with Gasteiger partial charge in [-0.2, -0.15) is 13.2 Å². The lowest BCUT2D eigenvalue weighted by molar-refractivity contribution is -1.02. The fraction of sp³-hybridized carbons (Fsp3) is 0.304. The molecule has 1 fully saturated rings. The average Bonchev–Trinajstić information content (AvgIpc) is 2.69. The fourth-order valence-corrected chi connectivity index (χ4v) is 4.05. The van der Waals surface area contributed by atoms with Crippen molar-refractivity contribution in [2.45, 2.75) is 19.3 Å². The van der Waals surface area contributed by atoms with E-state index in [1.165, 1.54) is 33.4 Å². The summed E-state index contributed by atoms with van der Waals surface area (Å²) < 4.78 is 38.0. The van der Waals surface area contributed by atoms with Gasteiger partial charge < -0.3 is 9.80 Å². The quantitative estimate of drug-likeness (QED) is 0.681. The number of hydrogen-bond acceptors (Lipinski definition) is 0. The van der Waals surface area contributed by atoms with Crippen molar-refractivity contribution in [3.05, 3.63) is 83.4 Å². The van der Waals surface area contributed by atoms with Crippen molar-refractivity contribution >= 4 is 10.8 Å². The van der Waals surface area contributed by atoms with Crippen LogP contribution in [0.3, 0.4) is 0 Å². The summed E-state index contributed by atoms with van der Waals surface area (Å²) in [4.78, 5) is 3.02. The molecule has 2 N–H and O–H groups in total. The highest BCUT2D eigenvalue weighted by atomic mass is 19.4. The lowest BCUT2D eigenvalue weighted by atomic mass is 10.1. The number of benzene rings is 3. The Kier molecular flexibility index (Phi) is 5.38. The predicted molar refractivity (Wildman–Crippen MR) is 104 cm³/mol. The van der Waals surface area contributed by atoms with Gasteiger partial charge in [0, 0.05) is 11.1 Å². The molecule has 1 aliphatic heterocycles. The summed E-state index contributed by atoms with van der Waals surface area (Å²) in [5.41, 5.74) is 1.76. The van der Waals surface area contributed by atoms with Gasteiger partial charge in [-0.15, -0.1) is 0 Å². The molecular weight excluding hydrogens is 361 g/mol. The number of hydrogen-bond donors (Lipinski definition) is 2. The fourth-order valence-electron chi connectivity index (χ4n) is 4.05. The summed E-state index contributed by atoms with van der Waals surface area (Å²) in [7, 11) is 0. The third-order valence-electron chi connectivity index (χ3n) is 5.67. The third kappa shape index (κ3) is 4.54. The molecule has 0 saturated carbocycles. The molecule has 0 unspecified atom stereocenters. The summed E-state index contributed by atoms with van der Waals surface area (Å²) in [6.07, 6.45) is -4.26. The smallest absolute Gasteiger partial charge is 0.322 e. The lowest BCUT2D eigenvalue weighted by Crippen LogP contribution is -3.27. The van der Waals surface area contributed by atoms with Crippen LogP contribution >= 0.6 is 0 Å². The third-order valence-corrected chi connectivity index (χ3v) is 5.67. The van der Waals surface area contributed by atoms with Crippen LogP contribution in [0.4, 0.5) is 13.2 Å². The Morgan fingerprint density at radius 1 is 0.643 bits per heavy atom. The van der Waals surface area contributed by atoms with Gasteiger partial charge in [-0.1, -0.05) is 48.5 Å². The number of fused-ring (bicyclic) bond motifs is 1. The van der Waals surface area contributed by atoms with Crippen LogP contribution in [0.5, 0.6) is 0 Å². The molecule has 0 aliphatic carbocycles. The summed E-state index contributed by atoms with van der Waals surface area (Å²) in [5.74, 6) is 0. The largest absolute Gasteiger partial charge is 0.416 e. The molecule has 1 saturated heterocycles. The maximum absolute atomic E-state index is 12.7. The van der Waals surface area contributed by atoms with E-state index in [1.807, 2.05) is 0 Å². The molecule has 0 radical (unpaired) electrons. The second-order valence-corrected chi connectivity index (χ2v) is 7.73. The average molecular weight is 386 g/mol. The highest BCUT2D eigenvalue weighted by molar-refractivity contribution is 5.82. The van der Waals surface area contributed by atoms with E-state index in [-0.39, 0.29) is 0 Å². The molecule has 3 aromatic rings. The topological polar surface area (TPSA) is 8.88 Å². The Morgan fingerprint density at radius 3 is 1.79 bits per heavy atom. The van der Waals surface area contributed by atoms with Gasteiger partial charge in [0.15, 0.2) is 0 Å². The van der Waals surface area contributed by atoms with Crippen molar-refractivity contribution in [1.82, 2.24) is 0 Å². The van der Waals surface area contributed by atoms with E-state index in [9.17, 15) is 13.2 Å². The van der Waals surface area contributed by atoms with Crippen molar-refractivity contribution < 1.29 is 23.0 Å². The number of quaternary nitrogens is 2. The van der Waals surface area contributed by atoms with Gasteiger partial charge in [0.2, 0.25) is 0 Å². The molecule has 0 atom stereocenters. The van der Waals surface area contributed by atoms with Crippen molar-refractivity contribution in [2.24, 2.45) is 0 Å². The normalized spacial score (nSPS) is 20.4. The zero-order valence-electron chi connectivity index (χ0n) is 15.7. The second kappa shape index (κ2) is 7.94. The highest BCUT2D eigenvalue weighted by Gasteiger charge is 2.30. The molecule has 146 valence electrons. The number of alkyl halides is 3. The van der Waals surface area contributed by atoms with Gasteiger partial charge in [-0.25, -0.2) is 0 Å². The molecule has 0 spiro atoms. The first-order chi connectivity index (χ1) is 13.5. The number of rotatable bonds is 4. The minimum absolute atomic E-state index is 0.573. The SMILES string of the molecule is FC(F)(F)c1ccc(C[NH+]2CC[NH+](Cc3ccc4ccccc4c3)CC2)cc1. The Labute approximate surface area is 163 Å². The standard InChI is InChI=1S/C23H23F3N2/c24-23(25,26)22-9-6-18(7-10-22)16-27-11-13-28(14-12-27)17-19-5-8-20-3-1-2-4-21(20)15-19/h1-10,15H,11-14,16-17H2/p+2. The van der Waals surface area contributed by atoms with Crippen LogP contribution in [0.1, 0.15) is 16.7 Å². The van der Waals surface area contributed by atoms with E-state index >= 15 is 0 Å². The molecule has 0 aromatic heterocycles. The molecule has 28 heavy (non-hydrogen) atoms. The zero-order chi connectivity index (χ0) is 19.6. The molecule has 0 bridgehead atoms. The van der Waals surface area contributed by atoms with Gasteiger partial charge in [0.1, 0.15) is 39.3 Å². The summed E-state index contributed by atoms with van der Waals surface area (Å²) in [6.45, 7) is 6.08. The van der Waals surface area contributed by atoms with Gasteiger partial charge in [-0.05, 0) is 29.0 Å². The summed E-state index contributed by atoms with van der Waals surface area (Å²) in [6, 6.07) is 20.7. The van der Waals surface area contributed by atoms with Crippen LogP contribution in [0.15, 0.2) is 66.7 Å². The molecule has 3 aromatic carbocycles. The van der Waals surface area contributed by atoms with Crippen LogP contribution in [-0.4, -0.2) is 26.2 Å². The van der Waals surface area contributed by atoms with Crippen molar-refractivity contribution in [1.29, 1.82) is 0 Å². The van der Waals surface area contributed by atoms with Gasteiger partial charge in [0.25, 0.3) is 0 Å². The maximum atomic E-state index is 12.7. The van der Waals surface area contributed by atoms with Crippen LogP contribution in [-0.2, 0) is 19.3 Å². The molecular formula is C23H25F3N2+2. The number of halogens is 3. The van der Waals surface area contributed by atoms with Crippen molar-refractivity contribution in [2.75, 3.05) is 26.2 Å². The van der Waals surface area contributed by atoms with Crippen molar-refractivity contribution in [3.63, 3.8) is 0 Å². The van der Waals surface area contributed by atoms with Crippen LogP contribution in [0.25, 0.3) is 10.8 Å². The second-order valence-electron chi connectivity index (χ2n) is 7.73. The van der Waals surface area contributed by atoms with Gasteiger partial charge in [0.05, 0.1) is 5.56 Å². The van der Waals surface area contributed by atoms with E-state index in [0.717, 1.165) is 44.8 Å². The minimum Gasteiger partial charge on any atom is -0.322 e. The van der Waals surface area contributed by atoms with Crippen molar-refractivity contribution in [3.8, 4) is 0 Å². The van der Waals surface area contributed by atoms with Crippen LogP contribution in [0.2, 0.25) is 0 Å². The molecule has 0 amide bonds. The van der Waals surface area contributed by atoms with Crippen LogP contribution in [0, 0.1) is 0 Å². The van der Waals surface area contributed by atoms with Gasteiger partial charge >= 0.3 is 6.18 Å². The monoisotopic (exact) mass is 386 g/mol. The molecule has 1 aliphatic rings. The maximum Gasteiger partial charge on any atom is 0.416 e. The van der Waals surface area contributed by atoms with E-state index < -0.39 is 11.7 Å². The number of nitrogens with one attached hydrogen (secondary N) is 2. The molecule has 5 heteroatoms. The summed E-state index contributed by atoms with van der Waals surface area (Å²) >= 11 is 0. The summed E-state index contributed by atoms with van der Waals surface area (Å²) in [5, 5.41) is 2.55. The van der Waals surface area contributed by atoms with Gasteiger partial charge in [-0.3, -0.25) is 0 Å². The van der Waals surface area contributed by atoms with Crippen LogP contribution < -0.4 is 9.80 Å². The predicted octanol–water partition coefficient (Wildman–Crippen LogP) is 2.34. The first-order valence-electron chi connectivity index (χ1n) is 9.78. The van der Waals surface area contributed by atoms with E-state index in [4.69, 9.17) is 0 Å². The first kappa shape index (κ1) is 19.0. The lowest BCUT2D eigenvalue weighted by Gasteiger charge is -2.30. The minimum atomic E-state index is -4.26. The molecule has 2 nitrogen and oxygen atoms in total. The van der Waals surface area contributed by atoms with E-state index in [2.05, 4.69) is 42.5 Å². The highest BCUT2D eigenvalue weighted by Crippen LogP contribution is 2.28. The van der Waals surface area contributed by atoms with E-state index in [1.54, 1.807) is 17.0 Å². The Bertz CT molecular complexity index is 926. The number of piperazine rings is 1. The Hall–Kier alpha value is -2.37. The van der Waals surface area contributed by atoms with E-state index in [0.29, 0.717) is 0 Å². The molecule has 4 rings (SSSR count). The first-order valence-corrected chi connectivity index (χ1v) is 9.78. The Balaban J connectivity index is 1.30. The molecule has 1 heterocycles.